The summed E-state index contributed by atoms with van der Waals surface area (Å²) in [4.78, 5) is 17.1. The van der Waals surface area contributed by atoms with Gasteiger partial charge in [-0.2, -0.15) is 8.42 Å². The number of hydrogen-bond acceptors (Lipinski definition) is 5. The molecule has 0 saturated heterocycles. The number of aromatic nitrogens is 5. The second-order valence-corrected chi connectivity index (χ2v) is 11.4. The SMILES string of the molecule is CC(C)Cn1cnc2ccc(-c3[nH]c(-c4c(Cl)cccc4Cl)nc3-c3ccc(F)cc3F)nc21.CS(=O)(=O)O. The summed E-state index contributed by atoms with van der Waals surface area (Å²) in [6.45, 7) is 4.97. The van der Waals surface area contributed by atoms with Crippen molar-refractivity contribution in [1.29, 1.82) is 0 Å². The minimum Gasteiger partial charge on any atom is -0.336 e. The van der Waals surface area contributed by atoms with Crippen LogP contribution >= 0.6 is 23.2 Å². The van der Waals surface area contributed by atoms with Crippen LogP contribution in [0.4, 0.5) is 8.78 Å². The molecule has 3 heterocycles. The van der Waals surface area contributed by atoms with Crippen molar-refractivity contribution < 1.29 is 21.8 Å². The Balaban J connectivity index is 0.000000648. The van der Waals surface area contributed by atoms with Gasteiger partial charge in [0.25, 0.3) is 10.1 Å². The van der Waals surface area contributed by atoms with Gasteiger partial charge < -0.3 is 9.55 Å². The van der Waals surface area contributed by atoms with E-state index < -0.39 is 21.8 Å². The van der Waals surface area contributed by atoms with Crippen LogP contribution in [0.5, 0.6) is 0 Å². The first-order valence-corrected chi connectivity index (χ1v) is 14.2. The molecule has 0 spiro atoms. The standard InChI is InChI=1S/C25H19Cl2F2N5.CH4O3S/c1-13(2)11-34-12-30-20-9-8-19(31-25(20)34)23-22(15-7-6-14(28)10-18(15)29)32-24(33-23)21-16(26)4-3-5-17(21)27;1-5(2,3)4/h3-10,12-13H,11H2,1-2H3,(H,32,33);1H3,(H,2,3,4). The number of imidazole rings is 2. The van der Waals surface area contributed by atoms with E-state index >= 15 is 0 Å². The van der Waals surface area contributed by atoms with Crippen molar-refractivity contribution in [1.82, 2.24) is 24.5 Å². The number of fused-ring (bicyclic) bond motifs is 1. The molecule has 0 saturated carbocycles. The number of benzene rings is 2. The Bertz CT molecular complexity index is 1740. The first-order valence-electron chi connectivity index (χ1n) is 11.6. The fourth-order valence-corrected chi connectivity index (χ4v) is 4.46. The summed E-state index contributed by atoms with van der Waals surface area (Å²) in [6, 6.07) is 12.1. The number of nitrogens with zero attached hydrogens (tertiary/aromatic N) is 4. The van der Waals surface area contributed by atoms with Crippen LogP contribution in [0, 0.1) is 17.6 Å². The summed E-state index contributed by atoms with van der Waals surface area (Å²) in [7, 11) is -3.67. The van der Waals surface area contributed by atoms with E-state index in [1.165, 1.54) is 12.1 Å². The highest BCUT2D eigenvalue weighted by Crippen LogP contribution is 2.38. The molecule has 0 unspecified atom stereocenters. The Hall–Kier alpha value is -3.38. The van der Waals surface area contributed by atoms with Crippen molar-refractivity contribution in [3.8, 4) is 34.0 Å². The zero-order valence-electron chi connectivity index (χ0n) is 21.0. The van der Waals surface area contributed by atoms with Crippen molar-refractivity contribution in [3.63, 3.8) is 0 Å². The van der Waals surface area contributed by atoms with Gasteiger partial charge in [-0.1, -0.05) is 43.1 Å². The minimum atomic E-state index is -3.67. The smallest absolute Gasteiger partial charge is 0.261 e. The minimum absolute atomic E-state index is 0.125. The van der Waals surface area contributed by atoms with Gasteiger partial charge in [-0.05, 0) is 42.3 Å². The quantitative estimate of drug-likeness (QED) is 0.214. The lowest BCUT2D eigenvalue weighted by Gasteiger charge is -2.08. The molecule has 0 amide bonds. The van der Waals surface area contributed by atoms with Gasteiger partial charge in [0.05, 0.1) is 39.6 Å². The molecule has 204 valence electrons. The molecule has 0 fully saturated rings. The molecule has 0 bridgehead atoms. The Morgan fingerprint density at radius 2 is 1.72 bits per heavy atom. The third-order valence-corrected chi connectivity index (χ3v) is 6.00. The van der Waals surface area contributed by atoms with Gasteiger partial charge in [0.2, 0.25) is 0 Å². The molecule has 39 heavy (non-hydrogen) atoms. The van der Waals surface area contributed by atoms with Crippen LogP contribution in [0.15, 0.2) is 54.9 Å². The molecule has 0 aliphatic rings. The predicted molar refractivity (Wildman–Crippen MR) is 148 cm³/mol. The number of halogens is 4. The normalized spacial score (nSPS) is 11.6. The molecular weight excluding hydrogens is 571 g/mol. The predicted octanol–water partition coefficient (Wildman–Crippen LogP) is 6.90. The Kier molecular flexibility index (Phi) is 8.36. The van der Waals surface area contributed by atoms with Gasteiger partial charge in [0, 0.05) is 18.2 Å². The number of H-pyrrole nitrogens is 1. The van der Waals surface area contributed by atoms with Gasteiger partial charge in [-0.3, -0.25) is 4.55 Å². The number of nitrogens with one attached hydrogen (secondary N) is 1. The van der Waals surface area contributed by atoms with Crippen LogP contribution in [0.3, 0.4) is 0 Å². The third-order valence-electron chi connectivity index (χ3n) is 5.37. The van der Waals surface area contributed by atoms with Crippen molar-refractivity contribution in [2.24, 2.45) is 5.92 Å². The maximum Gasteiger partial charge on any atom is 0.261 e. The number of pyridine rings is 1. The van der Waals surface area contributed by atoms with E-state index in [0.717, 1.165) is 18.1 Å². The van der Waals surface area contributed by atoms with Gasteiger partial charge in [-0.25, -0.2) is 23.7 Å². The van der Waals surface area contributed by atoms with Crippen LogP contribution in [0.25, 0.3) is 45.2 Å². The highest BCUT2D eigenvalue weighted by Gasteiger charge is 2.22. The maximum atomic E-state index is 14.8. The largest absolute Gasteiger partial charge is 0.336 e. The average molecular weight is 594 g/mol. The molecule has 2 aromatic carbocycles. The second-order valence-electron chi connectivity index (χ2n) is 9.09. The summed E-state index contributed by atoms with van der Waals surface area (Å²) < 4.78 is 56.3. The van der Waals surface area contributed by atoms with E-state index in [1.807, 2.05) is 10.6 Å². The van der Waals surface area contributed by atoms with Crippen LogP contribution in [0.1, 0.15) is 13.8 Å². The van der Waals surface area contributed by atoms with Crippen LogP contribution in [0.2, 0.25) is 10.0 Å². The lowest BCUT2D eigenvalue weighted by atomic mass is 10.1. The Morgan fingerprint density at radius 1 is 1.05 bits per heavy atom. The van der Waals surface area contributed by atoms with Gasteiger partial charge in [0.1, 0.15) is 28.7 Å². The highest BCUT2D eigenvalue weighted by molar-refractivity contribution is 7.85. The lowest BCUT2D eigenvalue weighted by Crippen LogP contribution is -2.04. The lowest BCUT2D eigenvalue weighted by molar-refractivity contribution is 0.490. The molecule has 0 radical (unpaired) electrons. The van der Waals surface area contributed by atoms with Crippen molar-refractivity contribution in [3.05, 3.63) is 76.5 Å². The molecule has 8 nitrogen and oxygen atoms in total. The first-order chi connectivity index (χ1) is 18.3. The summed E-state index contributed by atoms with van der Waals surface area (Å²) in [5.74, 6) is -0.671. The summed E-state index contributed by atoms with van der Waals surface area (Å²) in [5, 5.41) is 0.773. The highest BCUT2D eigenvalue weighted by atomic mass is 35.5. The van der Waals surface area contributed by atoms with Gasteiger partial charge in [0.15, 0.2) is 5.65 Å². The fourth-order valence-electron chi connectivity index (χ4n) is 3.88. The molecule has 5 rings (SSSR count). The molecule has 5 aromatic rings. The Morgan fingerprint density at radius 3 is 2.33 bits per heavy atom. The Labute approximate surface area is 233 Å². The van der Waals surface area contributed by atoms with Crippen LogP contribution in [-0.2, 0) is 16.7 Å². The topological polar surface area (TPSA) is 114 Å². The van der Waals surface area contributed by atoms with E-state index in [4.69, 9.17) is 32.7 Å². The molecule has 0 aliphatic heterocycles. The molecular formula is C26H23Cl2F2N5O3S. The second kappa shape index (κ2) is 11.4. The number of hydrogen-bond donors (Lipinski definition) is 2. The fraction of sp³-hybridized carbons (Fsp3) is 0.192. The molecule has 13 heteroatoms. The maximum absolute atomic E-state index is 14.8. The summed E-state index contributed by atoms with van der Waals surface area (Å²) in [5.41, 5.74) is 3.29. The van der Waals surface area contributed by atoms with Gasteiger partial charge in [-0.15, -0.1) is 0 Å². The number of aromatic amines is 1. The monoisotopic (exact) mass is 593 g/mol. The molecule has 0 aliphatic carbocycles. The van der Waals surface area contributed by atoms with Crippen molar-refractivity contribution in [2.75, 3.05) is 6.26 Å². The average Bonchev–Trinajstić information content (AvgIpc) is 3.42. The number of rotatable bonds is 5. The van der Waals surface area contributed by atoms with Crippen molar-refractivity contribution in [2.45, 2.75) is 20.4 Å². The summed E-state index contributed by atoms with van der Waals surface area (Å²) >= 11 is 12.8. The van der Waals surface area contributed by atoms with E-state index in [0.29, 0.717) is 50.6 Å². The van der Waals surface area contributed by atoms with Crippen LogP contribution < -0.4 is 0 Å². The first kappa shape index (κ1) is 28.6. The molecule has 3 aromatic heterocycles. The van der Waals surface area contributed by atoms with E-state index in [1.54, 1.807) is 30.6 Å². The van der Waals surface area contributed by atoms with Crippen molar-refractivity contribution >= 4 is 44.5 Å². The van der Waals surface area contributed by atoms with E-state index in [2.05, 4.69) is 28.8 Å². The summed E-state index contributed by atoms with van der Waals surface area (Å²) in [6.07, 6.45) is 2.47. The zero-order chi connectivity index (χ0) is 28.5. The van der Waals surface area contributed by atoms with Gasteiger partial charge >= 0.3 is 0 Å². The van der Waals surface area contributed by atoms with E-state index in [-0.39, 0.29) is 11.3 Å². The molecule has 2 N–H and O–H groups in total. The van der Waals surface area contributed by atoms with E-state index in [9.17, 15) is 17.2 Å². The van der Waals surface area contributed by atoms with Crippen LogP contribution in [-0.4, -0.2) is 43.7 Å². The molecule has 0 atom stereocenters. The third kappa shape index (κ3) is 6.80. The zero-order valence-corrected chi connectivity index (χ0v) is 23.3.